The average molecular weight is 452 g/mol. The summed E-state index contributed by atoms with van der Waals surface area (Å²) in [6, 6.07) is 12.1. The average Bonchev–Trinajstić information content (AvgIpc) is 3.24. The normalized spacial score (nSPS) is 20.1. The van der Waals surface area contributed by atoms with Gasteiger partial charge in [0.25, 0.3) is 5.56 Å². The first-order chi connectivity index (χ1) is 15.6. The number of piperidine rings is 2. The molecule has 3 aromatic rings. The summed E-state index contributed by atoms with van der Waals surface area (Å²) >= 11 is 1.42. The van der Waals surface area contributed by atoms with Gasteiger partial charge in [0, 0.05) is 37.9 Å². The van der Waals surface area contributed by atoms with E-state index < -0.39 is 0 Å². The Balaban J connectivity index is 1.21. The number of benzene rings is 1. The zero-order valence-corrected chi connectivity index (χ0v) is 19.3. The number of likely N-dealkylation sites (tertiary alicyclic amines) is 1. The number of fused-ring (bicyclic) bond motifs is 1. The number of hydrogen-bond acceptors (Lipinski definition) is 6. The highest BCUT2D eigenvalue weighted by atomic mass is 32.1. The fraction of sp³-hybridized carbons (Fsp3) is 0.500. The van der Waals surface area contributed by atoms with Gasteiger partial charge in [-0.3, -0.25) is 9.59 Å². The highest BCUT2D eigenvalue weighted by Gasteiger charge is 2.32. The smallest absolute Gasteiger partial charge is 0.275 e. The van der Waals surface area contributed by atoms with Crippen LogP contribution >= 0.6 is 11.3 Å². The van der Waals surface area contributed by atoms with Crippen molar-refractivity contribution in [3.63, 3.8) is 0 Å². The van der Waals surface area contributed by atoms with E-state index in [-0.39, 0.29) is 17.4 Å². The number of carbonyl (C=O) groups is 1. The van der Waals surface area contributed by atoms with Gasteiger partial charge in [0.15, 0.2) is 0 Å². The Kier molecular flexibility index (Phi) is 5.95. The molecule has 4 heterocycles. The third-order valence-electron chi connectivity index (χ3n) is 6.70. The fourth-order valence-electron chi connectivity index (χ4n) is 4.95. The Hall–Kier alpha value is -2.74. The summed E-state index contributed by atoms with van der Waals surface area (Å²) in [5.41, 5.74) is 1.94. The lowest BCUT2D eigenvalue weighted by atomic mass is 9.89. The number of amides is 1. The Morgan fingerprint density at radius 3 is 2.69 bits per heavy atom. The van der Waals surface area contributed by atoms with Crippen molar-refractivity contribution in [3.8, 4) is 0 Å². The topological polar surface area (TPSA) is 70.8 Å². The molecule has 1 aromatic carbocycles. The number of carbonyl (C=O) groups excluding carboxylic acids is 1. The van der Waals surface area contributed by atoms with Gasteiger partial charge in [-0.1, -0.05) is 41.7 Å². The molecule has 0 spiro atoms. The highest BCUT2D eigenvalue weighted by Crippen LogP contribution is 2.29. The highest BCUT2D eigenvalue weighted by molar-refractivity contribution is 7.20. The van der Waals surface area contributed by atoms with E-state index in [4.69, 9.17) is 0 Å². The molecule has 0 N–H and O–H groups in total. The molecule has 2 saturated heterocycles. The Morgan fingerprint density at radius 1 is 1.12 bits per heavy atom. The first-order valence-corrected chi connectivity index (χ1v) is 12.3. The standard InChI is InChI=1S/C24H29N5O2S/c1-17-14-21(30)29-23(25-17)32-24(26-29)28-11-5-8-20(16-28)22(31)27-12-9-19(10-13-27)15-18-6-3-2-4-7-18/h2-4,6-7,14,19-20H,5,8-13,15-16H2,1H3/t20-/m1/s1. The molecular weight excluding hydrogens is 422 g/mol. The fourth-order valence-corrected chi connectivity index (χ4v) is 5.94. The van der Waals surface area contributed by atoms with Crippen LogP contribution in [0.4, 0.5) is 5.13 Å². The number of nitrogens with zero attached hydrogens (tertiary/aromatic N) is 5. The molecule has 1 atom stereocenters. The minimum Gasteiger partial charge on any atom is -0.346 e. The van der Waals surface area contributed by atoms with Crippen molar-refractivity contribution in [2.75, 3.05) is 31.1 Å². The maximum absolute atomic E-state index is 13.3. The van der Waals surface area contributed by atoms with Crippen LogP contribution in [0, 0.1) is 18.8 Å². The van der Waals surface area contributed by atoms with E-state index in [2.05, 4.69) is 50.2 Å². The molecule has 0 aliphatic carbocycles. The molecule has 1 amide bonds. The maximum Gasteiger partial charge on any atom is 0.275 e. The van der Waals surface area contributed by atoms with Crippen LogP contribution in [0.2, 0.25) is 0 Å². The van der Waals surface area contributed by atoms with Gasteiger partial charge in [-0.25, -0.2) is 4.98 Å². The first kappa shape index (κ1) is 21.1. The molecule has 0 unspecified atom stereocenters. The zero-order valence-electron chi connectivity index (χ0n) is 18.4. The molecule has 8 heteroatoms. The lowest BCUT2D eigenvalue weighted by Gasteiger charge is -2.37. The van der Waals surface area contributed by atoms with Crippen LogP contribution in [0.5, 0.6) is 0 Å². The molecule has 32 heavy (non-hydrogen) atoms. The molecule has 2 aromatic heterocycles. The molecule has 0 radical (unpaired) electrons. The minimum absolute atomic E-state index is 0.00662. The SMILES string of the molecule is Cc1cc(=O)n2nc(N3CCC[C@@H](C(=O)N4CCC(Cc5ccccc5)CC4)C3)sc2n1. The summed E-state index contributed by atoms with van der Waals surface area (Å²) in [7, 11) is 0. The van der Waals surface area contributed by atoms with E-state index in [0.717, 1.165) is 56.9 Å². The zero-order chi connectivity index (χ0) is 22.1. The third kappa shape index (κ3) is 4.41. The molecule has 2 fully saturated rings. The molecule has 7 nitrogen and oxygen atoms in total. The second kappa shape index (κ2) is 9.02. The lowest BCUT2D eigenvalue weighted by molar-refractivity contribution is -0.137. The van der Waals surface area contributed by atoms with Crippen LogP contribution in [0.25, 0.3) is 4.96 Å². The number of aryl methyl sites for hydroxylation is 1. The lowest BCUT2D eigenvalue weighted by Crippen LogP contribution is -2.47. The molecule has 0 bridgehead atoms. The van der Waals surface area contributed by atoms with Crippen molar-refractivity contribution < 1.29 is 4.79 Å². The van der Waals surface area contributed by atoms with E-state index in [9.17, 15) is 9.59 Å². The van der Waals surface area contributed by atoms with Gasteiger partial charge in [0.2, 0.25) is 16.0 Å². The summed E-state index contributed by atoms with van der Waals surface area (Å²) in [6.07, 6.45) is 5.12. The van der Waals surface area contributed by atoms with E-state index in [1.807, 2.05) is 6.92 Å². The second-order valence-corrected chi connectivity index (χ2v) is 9.99. The molecule has 0 saturated carbocycles. The van der Waals surface area contributed by atoms with Gasteiger partial charge in [0.1, 0.15) is 0 Å². The molecular formula is C24H29N5O2S. The molecule has 5 rings (SSSR count). The maximum atomic E-state index is 13.3. The van der Waals surface area contributed by atoms with E-state index in [1.54, 1.807) is 0 Å². The predicted molar refractivity (Wildman–Crippen MR) is 126 cm³/mol. The van der Waals surface area contributed by atoms with Crippen LogP contribution in [-0.2, 0) is 11.2 Å². The van der Waals surface area contributed by atoms with Crippen molar-refractivity contribution in [2.24, 2.45) is 11.8 Å². The quantitative estimate of drug-likeness (QED) is 0.609. The Bertz CT molecular complexity index is 1150. The Morgan fingerprint density at radius 2 is 1.91 bits per heavy atom. The third-order valence-corrected chi connectivity index (χ3v) is 7.67. The minimum atomic E-state index is -0.155. The van der Waals surface area contributed by atoms with Gasteiger partial charge in [-0.15, -0.1) is 5.10 Å². The summed E-state index contributed by atoms with van der Waals surface area (Å²) in [5.74, 6) is 0.925. The van der Waals surface area contributed by atoms with Gasteiger partial charge >= 0.3 is 0 Å². The van der Waals surface area contributed by atoms with Crippen LogP contribution in [0.15, 0.2) is 41.2 Å². The van der Waals surface area contributed by atoms with Crippen LogP contribution < -0.4 is 10.5 Å². The van der Waals surface area contributed by atoms with Gasteiger partial charge in [-0.05, 0) is 50.5 Å². The molecule has 168 valence electrons. The van der Waals surface area contributed by atoms with Crippen molar-refractivity contribution in [1.82, 2.24) is 19.5 Å². The summed E-state index contributed by atoms with van der Waals surface area (Å²) in [4.78, 5) is 34.8. The van der Waals surface area contributed by atoms with Crippen LogP contribution in [0.1, 0.15) is 36.9 Å². The van der Waals surface area contributed by atoms with Gasteiger partial charge in [0.05, 0.1) is 5.92 Å². The van der Waals surface area contributed by atoms with E-state index in [1.165, 1.54) is 27.5 Å². The van der Waals surface area contributed by atoms with Gasteiger partial charge in [-0.2, -0.15) is 4.52 Å². The largest absolute Gasteiger partial charge is 0.346 e. The van der Waals surface area contributed by atoms with Crippen molar-refractivity contribution in [2.45, 2.75) is 39.0 Å². The van der Waals surface area contributed by atoms with Crippen molar-refractivity contribution in [1.29, 1.82) is 0 Å². The van der Waals surface area contributed by atoms with Crippen molar-refractivity contribution in [3.05, 3.63) is 58.0 Å². The molecule has 2 aliphatic rings. The van der Waals surface area contributed by atoms with E-state index in [0.29, 0.717) is 23.1 Å². The van der Waals surface area contributed by atoms with Crippen LogP contribution in [0.3, 0.4) is 0 Å². The summed E-state index contributed by atoms with van der Waals surface area (Å²) < 4.78 is 1.37. The number of hydrogen-bond donors (Lipinski definition) is 0. The second-order valence-electron chi connectivity index (χ2n) is 9.06. The van der Waals surface area contributed by atoms with Crippen molar-refractivity contribution >= 4 is 27.3 Å². The Labute approximate surface area is 191 Å². The number of aromatic nitrogens is 3. The van der Waals surface area contributed by atoms with E-state index >= 15 is 0 Å². The monoisotopic (exact) mass is 451 g/mol. The summed E-state index contributed by atoms with van der Waals surface area (Å²) in [6.45, 7) is 5.05. The number of rotatable bonds is 4. The molecule has 2 aliphatic heterocycles. The van der Waals surface area contributed by atoms with Gasteiger partial charge < -0.3 is 9.80 Å². The van der Waals surface area contributed by atoms with Crippen LogP contribution in [-0.4, -0.2) is 51.6 Å². The first-order valence-electron chi connectivity index (χ1n) is 11.5. The summed E-state index contributed by atoms with van der Waals surface area (Å²) in [5, 5.41) is 5.27. The predicted octanol–water partition coefficient (Wildman–Crippen LogP) is 3.16. The number of anilines is 1.